The van der Waals surface area contributed by atoms with Crippen molar-refractivity contribution in [1.29, 1.82) is 0 Å². The van der Waals surface area contributed by atoms with Gasteiger partial charge in [-0.2, -0.15) is 8.75 Å². The molecule has 1 rings (SSSR count). The first-order valence-corrected chi connectivity index (χ1v) is 3.93. The van der Waals surface area contributed by atoms with Crippen LogP contribution in [0.2, 0.25) is 0 Å². The fourth-order valence-electron chi connectivity index (χ4n) is 0.650. The van der Waals surface area contributed by atoms with Crippen LogP contribution in [0.25, 0.3) is 0 Å². The zero-order chi connectivity index (χ0) is 9.84. The highest BCUT2D eigenvalue weighted by molar-refractivity contribution is 6.99. The molecule has 0 bridgehead atoms. The Kier molecular flexibility index (Phi) is 2.91. The van der Waals surface area contributed by atoms with Gasteiger partial charge >= 0.3 is 11.9 Å². The van der Waals surface area contributed by atoms with Gasteiger partial charge in [-0.1, -0.05) is 0 Å². The van der Waals surface area contributed by atoms with Gasteiger partial charge in [-0.25, -0.2) is 9.59 Å². The molecule has 7 heteroatoms. The Morgan fingerprint density at radius 2 is 1.46 bits per heavy atom. The van der Waals surface area contributed by atoms with Crippen molar-refractivity contribution >= 4 is 23.7 Å². The molecule has 70 valence electrons. The van der Waals surface area contributed by atoms with E-state index in [-0.39, 0.29) is 11.4 Å². The molecule has 0 atom stereocenters. The molecule has 0 saturated heterocycles. The van der Waals surface area contributed by atoms with E-state index in [9.17, 15) is 9.59 Å². The van der Waals surface area contributed by atoms with E-state index < -0.39 is 11.9 Å². The Bertz CT molecular complexity index is 305. The number of methoxy groups -OCH3 is 2. The molecule has 0 aliphatic rings. The Balaban J connectivity index is 3.02. The lowest BCUT2D eigenvalue weighted by Crippen LogP contribution is -2.11. The molecule has 0 aliphatic carbocycles. The number of hydrogen-bond donors (Lipinski definition) is 0. The summed E-state index contributed by atoms with van der Waals surface area (Å²) in [6, 6.07) is 0. The number of ether oxygens (including phenoxy) is 2. The maximum atomic E-state index is 11.0. The lowest BCUT2D eigenvalue weighted by molar-refractivity contribution is 0.0548. The lowest BCUT2D eigenvalue weighted by atomic mass is 10.3. The van der Waals surface area contributed by atoms with Gasteiger partial charge < -0.3 is 9.47 Å². The minimum absolute atomic E-state index is 0.112. The fraction of sp³-hybridized carbons (Fsp3) is 0.333. The van der Waals surface area contributed by atoms with Gasteiger partial charge in [-0.05, 0) is 0 Å². The number of rotatable bonds is 2. The number of carbonyl (C=O) groups is 2. The lowest BCUT2D eigenvalue weighted by Gasteiger charge is -1.96. The highest BCUT2D eigenvalue weighted by atomic mass is 32.1. The number of hydrogen-bond acceptors (Lipinski definition) is 7. The monoisotopic (exact) mass is 202 g/mol. The van der Waals surface area contributed by atoms with Crippen LogP contribution in [0.4, 0.5) is 0 Å². The van der Waals surface area contributed by atoms with Crippen LogP contribution in [0.1, 0.15) is 21.0 Å². The first kappa shape index (κ1) is 9.59. The second-order valence-corrected chi connectivity index (χ2v) is 2.47. The van der Waals surface area contributed by atoms with Crippen LogP contribution in [0.5, 0.6) is 0 Å². The van der Waals surface area contributed by atoms with Crippen LogP contribution in [0.3, 0.4) is 0 Å². The first-order valence-electron chi connectivity index (χ1n) is 3.20. The largest absolute Gasteiger partial charge is 0.464 e. The van der Waals surface area contributed by atoms with Gasteiger partial charge in [-0.15, -0.1) is 0 Å². The molecular weight excluding hydrogens is 196 g/mol. The predicted molar refractivity (Wildman–Crippen MR) is 42.6 cm³/mol. The van der Waals surface area contributed by atoms with Crippen LogP contribution >= 0.6 is 11.7 Å². The smallest absolute Gasteiger partial charge is 0.360 e. The van der Waals surface area contributed by atoms with E-state index in [1.807, 2.05) is 0 Å². The van der Waals surface area contributed by atoms with Gasteiger partial charge in [0.2, 0.25) is 0 Å². The Morgan fingerprint density at radius 1 is 1.08 bits per heavy atom. The standard InChI is InChI=1S/C6H6N2O4S/c1-11-5(9)3-4(6(10)12-2)8-13-7-3/h1-2H3. The zero-order valence-electron chi connectivity index (χ0n) is 6.94. The van der Waals surface area contributed by atoms with E-state index in [2.05, 4.69) is 18.2 Å². The summed E-state index contributed by atoms with van der Waals surface area (Å²) in [7, 11) is 2.39. The van der Waals surface area contributed by atoms with Crippen molar-refractivity contribution in [3.63, 3.8) is 0 Å². The molecule has 0 N–H and O–H groups in total. The van der Waals surface area contributed by atoms with E-state index in [4.69, 9.17) is 0 Å². The Morgan fingerprint density at radius 3 is 1.77 bits per heavy atom. The molecule has 0 saturated carbocycles. The minimum atomic E-state index is -0.700. The van der Waals surface area contributed by atoms with E-state index in [1.54, 1.807) is 0 Å². The van der Waals surface area contributed by atoms with Crippen LogP contribution in [-0.4, -0.2) is 34.9 Å². The molecule has 6 nitrogen and oxygen atoms in total. The van der Waals surface area contributed by atoms with Crippen LogP contribution < -0.4 is 0 Å². The van der Waals surface area contributed by atoms with E-state index >= 15 is 0 Å². The SMILES string of the molecule is COC(=O)c1nsnc1C(=O)OC. The average Bonchev–Trinajstić information content (AvgIpc) is 2.63. The van der Waals surface area contributed by atoms with Crippen LogP contribution in [-0.2, 0) is 9.47 Å². The summed E-state index contributed by atoms with van der Waals surface area (Å²) in [5.74, 6) is -1.40. The summed E-state index contributed by atoms with van der Waals surface area (Å²) in [6.07, 6.45) is 0. The molecule has 0 amide bonds. The summed E-state index contributed by atoms with van der Waals surface area (Å²) >= 11 is 0.752. The maximum Gasteiger partial charge on any atom is 0.360 e. The molecule has 0 radical (unpaired) electrons. The minimum Gasteiger partial charge on any atom is -0.464 e. The highest BCUT2D eigenvalue weighted by Gasteiger charge is 2.23. The Hall–Kier alpha value is -1.50. The van der Waals surface area contributed by atoms with Gasteiger partial charge in [0.1, 0.15) is 0 Å². The molecule has 0 aliphatic heterocycles. The molecular formula is C6H6N2O4S. The topological polar surface area (TPSA) is 78.4 Å². The molecule has 1 heterocycles. The van der Waals surface area contributed by atoms with E-state index in [1.165, 1.54) is 14.2 Å². The van der Waals surface area contributed by atoms with Gasteiger partial charge in [0.05, 0.1) is 25.9 Å². The molecule has 1 aromatic rings. The highest BCUT2D eigenvalue weighted by Crippen LogP contribution is 2.08. The predicted octanol–water partition coefficient (Wildman–Crippen LogP) is 0.111. The second kappa shape index (κ2) is 3.94. The summed E-state index contributed by atoms with van der Waals surface area (Å²) in [5, 5.41) is 0. The summed E-state index contributed by atoms with van der Waals surface area (Å²) < 4.78 is 16.0. The Labute approximate surface area is 77.8 Å². The number of esters is 2. The average molecular weight is 202 g/mol. The summed E-state index contributed by atoms with van der Waals surface area (Å²) in [6.45, 7) is 0. The van der Waals surface area contributed by atoms with E-state index in [0.29, 0.717) is 0 Å². The number of aromatic nitrogens is 2. The molecule has 1 aromatic heterocycles. The van der Waals surface area contributed by atoms with Crippen LogP contribution in [0, 0.1) is 0 Å². The van der Waals surface area contributed by atoms with Crippen molar-refractivity contribution in [2.45, 2.75) is 0 Å². The first-order chi connectivity index (χ1) is 6.20. The molecule has 0 fully saturated rings. The third-order valence-electron chi connectivity index (χ3n) is 1.25. The van der Waals surface area contributed by atoms with Gasteiger partial charge in [0.25, 0.3) is 0 Å². The number of nitrogens with zero attached hydrogens (tertiary/aromatic N) is 2. The van der Waals surface area contributed by atoms with E-state index in [0.717, 1.165) is 11.7 Å². The molecule has 0 spiro atoms. The quantitative estimate of drug-likeness (QED) is 0.633. The van der Waals surface area contributed by atoms with Gasteiger partial charge in [0, 0.05) is 0 Å². The van der Waals surface area contributed by atoms with Crippen molar-refractivity contribution in [2.75, 3.05) is 14.2 Å². The third-order valence-corrected chi connectivity index (χ3v) is 1.77. The second-order valence-electron chi connectivity index (χ2n) is 1.94. The normalized spacial score (nSPS) is 9.38. The fourth-order valence-corrected chi connectivity index (χ4v) is 1.18. The van der Waals surface area contributed by atoms with Crippen molar-refractivity contribution in [2.24, 2.45) is 0 Å². The van der Waals surface area contributed by atoms with Crippen LogP contribution in [0.15, 0.2) is 0 Å². The van der Waals surface area contributed by atoms with Gasteiger partial charge in [-0.3, -0.25) is 0 Å². The molecule has 13 heavy (non-hydrogen) atoms. The summed E-state index contributed by atoms with van der Waals surface area (Å²) in [5.41, 5.74) is -0.223. The summed E-state index contributed by atoms with van der Waals surface area (Å²) in [4.78, 5) is 22.0. The van der Waals surface area contributed by atoms with Crippen molar-refractivity contribution < 1.29 is 19.1 Å². The van der Waals surface area contributed by atoms with Crippen molar-refractivity contribution in [3.8, 4) is 0 Å². The van der Waals surface area contributed by atoms with Crippen molar-refractivity contribution in [3.05, 3.63) is 11.4 Å². The zero-order valence-corrected chi connectivity index (χ0v) is 7.75. The molecule has 0 aromatic carbocycles. The third kappa shape index (κ3) is 1.81. The molecule has 0 unspecified atom stereocenters. The maximum absolute atomic E-state index is 11.0. The van der Waals surface area contributed by atoms with Gasteiger partial charge in [0.15, 0.2) is 11.4 Å². The number of carbonyl (C=O) groups excluding carboxylic acids is 2. The van der Waals surface area contributed by atoms with Crippen molar-refractivity contribution in [1.82, 2.24) is 8.75 Å².